The van der Waals surface area contributed by atoms with Crippen LogP contribution in [0.1, 0.15) is 43.8 Å². The molecule has 2 aromatic rings. The molecule has 0 aliphatic carbocycles. The smallest absolute Gasteiger partial charge is 0.231 e. The number of likely N-dealkylation sites (tertiary alicyclic amines) is 1. The predicted octanol–water partition coefficient (Wildman–Crippen LogP) is 2.42. The van der Waals surface area contributed by atoms with E-state index in [-0.39, 0.29) is 18.6 Å². The first kappa shape index (κ1) is 15.9. The van der Waals surface area contributed by atoms with Crippen LogP contribution in [0.3, 0.4) is 0 Å². The first-order valence-corrected chi connectivity index (χ1v) is 8.77. The van der Waals surface area contributed by atoms with Gasteiger partial charge in [-0.15, -0.1) is 0 Å². The fourth-order valence-electron chi connectivity index (χ4n) is 3.51. The number of aromatic nitrogens is 3. The summed E-state index contributed by atoms with van der Waals surface area (Å²) in [5.74, 6) is 3.54. The number of rotatable bonds is 4. The number of nitrogens with zero attached hydrogens (tertiary/aromatic N) is 4. The molecule has 1 saturated heterocycles. The lowest BCUT2D eigenvalue weighted by atomic mass is 9.96. The monoisotopic (exact) mass is 342 g/mol. The van der Waals surface area contributed by atoms with Crippen molar-refractivity contribution in [1.29, 1.82) is 0 Å². The lowest BCUT2D eigenvalue weighted by molar-refractivity contribution is -0.133. The van der Waals surface area contributed by atoms with Crippen LogP contribution in [0.5, 0.6) is 11.5 Å². The molecule has 0 saturated carbocycles. The van der Waals surface area contributed by atoms with Crippen molar-refractivity contribution in [1.82, 2.24) is 19.7 Å². The third-order valence-corrected chi connectivity index (χ3v) is 4.70. The topological polar surface area (TPSA) is 69.5 Å². The summed E-state index contributed by atoms with van der Waals surface area (Å²) in [5.41, 5.74) is 0.902. The van der Waals surface area contributed by atoms with E-state index in [1.165, 1.54) is 0 Å². The SMILES string of the molecule is CCCN1CC(c2nc(C)nn2-c2ccc3c(c2)OCO3)CCC1=O. The number of amides is 1. The molecule has 2 aliphatic rings. The summed E-state index contributed by atoms with van der Waals surface area (Å²) in [7, 11) is 0. The lowest BCUT2D eigenvalue weighted by Gasteiger charge is -2.32. The fraction of sp³-hybridized carbons (Fsp3) is 0.500. The molecule has 7 heteroatoms. The van der Waals surface area contributed by atoms with E-state index in [1.54, 1.807) is 0 Å². The standard InChI is InChI=1S/C18H22N4O3/c1-3-8-21-10-13(4-7-17(21)23)18-19-12(2)20-22(18)14-5-6-15-16(9-14)25-11-24-15/h5-6,9,13H,3-4,7-8,10-11H2,1-2H3. The van der Waals surface area contributed by atoms with Gasteiger partial charge in [-0.3, -0.25) is 4.79 Å². The van der Waals surface area contributed by atoms with E-state index in [2.05, 4.69) is 17.0 Å². The highest BCUT2D eigenvalue weighted by atomic mass is 16.7. The number of benzene rings is 1. The van der Waals surface area contributed by atoms with Crippen LogP contribution in [0, 0.1) is 6.92 Å². The van der Waals surface area contributed by atoms with Crippen molar-refractivity contribution in [2.45, 2.75) is 39.0 Å². The first-order chi connectivity index (χ1) is 12.2. The minimum absolute atomic E-state index is 0.191. The molecule has 3 heterocycles. The molecule has 2 aliphatic heterocycles. The summed E-state index contributed by atoms with van der Waals surface area (Å²) in [4.78, 5) is 18.7. The van der Waals surface area contributed by atoms with Crippen LogP contribution in [-0.4, -0.2) is 45.5 Å². The highest BCUT2D eigenvalue weighted by Gasteiger charge is 2.30. The summed E-state index contributed by atoms with van der Waals surface area (Å²) < 4.78 is 12.7. The molecule has 132 valence electrons. The van der Waals surface area contributed by atoms with Crippen molar-refractivity contribution in [2.24, 2.45) is 0 Å². The van der Waals surface area contributed by atoms with Crippen molar-refractivity contribution < 1.29 is 14.3 Å². The van der Waals surface area contributed by atoms with E-state index in [4.69, 9.17) is 9.47 Å². The summed E-state index contributed by atoms with van der Waals surface area (Å²) in [6, 6.07) is 5.78. The molecule has 1 aromatic heterocycles. The molecule has 25 heavy (non-hydrogen) atoms. The molecule has 1 amide bonds. The van der Waals surface area contributed by atoms with Gasteiger partial charge in [0.2, 0.25) is 12.7 Å². The minimum Gasteiger partial charge on any atom is -0.454 e. The number of carbonyl (C=O) groups is 1. The molecule has 1 aromatic carbocycles. The Balaban J connectivity index is 1.66. The van der Waals surface area contributed by atoms with Gasteiger partial charge in [0.1, 0.15) is 11.6 Å². The molecule has 0 spiro atoms. The Morgan fingerprint density at radius 2 is 2.12 bits per heavy atom. The van der Waals surface area contributed by atoms with E-state index >= 15 is 0 Å². The van der Waals surface area contributed by atoms with Gasteiger partial charge in [-0.25, -0.2) is 9.67 Å². The van der Waals surface area contributed by atoms with Gasteiger partial charge in [-0.2, -0.15) is 5.10 Å². The van der Waals surface area contributed by atoms with Crippen molar-refractivity contribution in [2.75, 3.05) is 19.9 Å². The van der Waals surface area contributed by atoms with Gasteiger partial charge < -0.3 is 14.4 Å². The Bertz CT molecular complexity index is 802. The zero-order valence-electron chi connectivity index (χ0n) is 14.6. The number of carbonyl (C=O) groups excluding carboxylic acids is 1. The second kappa shape index (κ2) is 6.38. The molecule has 1 atom stereocenters. The van der Waals surface area contributed by atoms with Gasteiger partial charge in [0.05, 0.1) is 5.69 Å². The van der Waals surface area contributed by atoms with Crippen LogP contribution in [0.15, 0.2) is 18.2 Å². The Kier molecular flexibility index (Phi) is 4.07. The van der Waals surface area contributed by atoms with Crippen molar-refractivity contribution in [3.8, 4) is 17.2 Å². The Morgan fingerprint density at radius 1 is 1.28 bits per heavy atom. The zero-order valence-corrected chi connectivity index (χ0v) is 14.6. The number of ether oxygens (including phenoxy) is 2. The van der Waals surface area contributed by atoms with Gasteiger partial charge in [0, 0.05) is 31.5 Å². The third-order valence-electron chi connectivity index (χ3n) is 4.70. The summed E-state index contributed by atoms with van der Waals surface area (Å²) in [5, 5.41) is 4.58. The highest BCUT2D eigenvalue weighted by Crippen LogP contribution is 2.35. The largest absolute Gasteiger partial charge is 0.454 e. The van der Waals surface area contributed by atoms with E-state index in [1.807, 2.05) is 34.7 Å². The molecule has 0 N–H and O–H groups in total. The second-order valence-electron chi connectivity index (χ2n) is 6.54. The molecule has 4 rings (SSSR count). The first-order valence-electron chi connectivity index (χ1n) is 8.77. The summed E-state index contributed by atoms with van der Waals surface area (Å²) in [6.07, 6.45) is 2.34. The van der Waals surface area contributed by atoms with Gasteiger partial charge in [0.15, 0.2) is 11.5 Å². The number of hydrogen-bond acceptors (Lipinski definition) is 5. The van der Waals surface area contributed by atoms with Gasteiger partial charge in [-0.05, 0) is 31.9 Å². The van der Waals surface area contributed by atoms with Gasteiger partial charge in [-0.1, -0.05) is 6.92 Å². The van der Waals surface area contributed by atoms with E-state index in [0.717, 1.165) is 48.2 Å². The fourth-order valence-corrected chi connectivity index (χ4v) is 3.51. The van der Waals surface area contributed by atoms with Crippen molar-refractivity contribution in [3.05, 3.63) is 29.8 Å². The number of aryl methyl sites for hydroxylation is 1. The van der Waals surface area contributed by atoms with E-state index < -0.39 is 0 Å². The second-order valence-corrected chi connectivity index (χ2v) is 6.54. The van der Waals surface area contributed by atoms with Gasteiger partial charge in [0.25, 0.3) is 0 Å². The summed E-state index contributed by atoms with van der Waals surface area (Å²) in [6.45, 7) is 5.74. The predicted molar refractivity (Wildman–Crippen MR) is 91.1 cm³/mol. The molecular formula is C18H22N4O3. The van der Waals surface area contributed by atoms with E-state index in [9.17, 15) is 4.79 Å². The Hall–Kier alpha value is -2.57. The van der Waals surface area contributed by atoms with Gasteiger partial charge >= 0.3 is 0 Å². The van der Waals surface area contributed by atoms with Crippen LogP contribution in [-0.2, 0) is 4.79 Å². The average Bonchev–Trinajstić information content (AvgIpc) is 3.22. The normalized spacial score (nSPS) is 19.5. The lowest BCUT2D eigenvalue weighted by Crippen LogP contribution is -2.40. The Morgan fingerprint density at radius 3 is 2.96 bits per heavy atom. The zero-order chi connectivity index (χ0) is 17.4. The quantitative estimate of drug-likeness (QED) is 0.853. The van der Waals surface area contributed by atoms with E-state index in [0.29, 0.717) is 13.0 Å². The van der Waals surface area contributed by atoms with Crippen molar-refractivity contribution in [3.63, 3.8) is 0 Å². The molecule has 1 unspecified atom stereocenters. The van der Waals surface area contributed by atoms with Crippen LogP contribution >= 0.6 is 0 Å². The van der Waals surface area contributed by atoms with Crippen LogP contribution in [0.2, 0.25) is 0 Å². The maximum Gasteiger partial charge on any atom is 0.231 e. The number of hydrogen-bond donors (Lipinski definition) is 0. The number of fused-ring (bicyclic) bond motifs is 1. The molecule has 7 nitrogen and oxygen atoms in total. The van der Waals surface area contributed by atoms with Crippen molar-refractivity contribution >= 4 is 5.91 Å². The maximum absolute atomic E-state index is 12.1. The number of piperidine rings is 1. The molecule has 1 fully saturated rings. The molecule has 0 bridgehead atoms. The molecular weight excluding hydrogens is 320 g/mol. The van der Waals surface area contributed by atoms with Crippen LogP contribution < -0.4 is 9.47 Å². The van der Waals surface area contributed by atoms with Crippen LogP contribution in [0.4, 0.5) is 0 Å². The van der Waals surface area contributed by atoms with Crippen LogP contribution in [0.25, 0.3) is 5.69 Å². The highest BCUT2D eigenvalue weighted by molar-refractivity contribution is 5.77. The Labute approximate surface area is 146 Å². The molecule has 0 radical (unpaired) electrons. The average molecular weight is 342 g/mol. The summed E-state index contributed by atoms with van der Waals surface area (Å²) >= 11 is 0. The minimum atomic E-state index is 0.191. The maximum atomic E-state index is 12.1. The third kappa shape index (κ3) is 2.94.